The smallest absolute Gasteiger partial charge is 0.311 e. The van der Waals surface area contributed by atoms with E-state index in [1.807, 2.05) is 0 Å². The monoisotopic (exact) mass is 202 g/mol. The molecule has 3 nitrogen and oxygen atoms in total. The minimum absolute atomic E-state index is 0.100. The Morgan fingerprint density at radius 1 is 1.36 bits per heavy atom. The maximum absolute atomic E-state index is 11.3. The topological polar surface area (TPSA) is 46.5 Å². The molecule has 3 heteroatoms. The largest absolute Gasteiger partial charge is 0.466 e. The summed E-state index contributed by atoms with van der Waals surface area (Å²) in [5.41, 5.74) is 0. The summed E-state index contributed by atoms with van der Waals surface area (Å²) < 4.78 is 4.85. The maximum Gasteiger partial charge on any atom is 0.311 e. The van der Waals surface area contributed by atoms with Gasteiger partial charge in [0.2, 0.25) is 0 Å². The number of ether oxygens (including phenoxy) is 1. The van der Waals surface area contributed by atoms with E-state index in [0.29, 0.717) is 12.5 Å². The first-order valence-corrected chi connectivity index (χ1v) is 5.39. The highest BCUT2D eigenvalue weighted by Gasteiger charge is 2.17. The summed E-state index contributed by atoms with van der Waals surface area (Å²) >= 11 is 0. The predicted octanol–water partition coefficient (Wildman–Crippen LogP) is 1.98. The molecule has 1 atom stereocenters. The van der Waals surface area contributed by atoms with Crippen molar-refractivity contribution >= 4 is 5.97 Å². The van der Waals surface area contributed by atoms with E-state index in [4.69, 9.17) is 9.84 Å². The molecule has 0 saturated heterocycles. The third-order valence-corrected chi connectivity index (χ3v) is 2.17. The summed E-state index contributed by atoms with van der Waals surface area (Å²) in [6.07, 6.45) is 2.80. The van der Waals surface area contributed by atoms with Gasteiger partial charge in [0.25, 0.3) is 0 Å². The van der Waals surface area contributed by atoms with Crippen LogP contribution in [0, 0.1) is 11.8 Å². The first-order valence-electron chi connectivity index (χ1n) is 5.39. The summed E-state index contributed by atoms with van der Waals surface area (Å²) in [6.45, 7) is 6.37. The van der Waals surface area contributed by atoms with E-state index in [9.17, 15) is 4.79 Å². The molecule has 0 aromatic heterocycles. The van der Waals surface area contributed by atoms with Gasteiger partial charge >= 0.3 is 5.97 Å². The van der Waals surface area contributed by atoms with Crippen LogP contribution in [0.2, 0.25) is 0 Å². The van der Waals surface area contributed by atoms with Gasteiger partial charge in [-0.3, -0.25) is 4.79 Å². The van der Waals surface area contributed by atoms with E-state index in [0.717, 1.165) is 19.3 Å². The van der Waals surface area contributed by atoms with Crippen LogP contribution >= 0.6 is 0 Å². The molecule has 0 radical (unpaired) electrons. The number of esters is 1. The van der Waals surface area contributed by atoms with Crippen LogP contribution in [0.5, 0.6) is 0 Å². The van der Waals surface area contributed by atoms with Crippen LogP contribution in [0.15, 0.2) is 0 Å². The third-order valence-electron chi connectivity index (χ3n) is 2.17. The Balaban J connectivity index is 3.73. The molecule has 0 aliphatic rings. The van der Waals surface area contributed by atoms with Gasteiger partial charge in [0, 0.05) is 0 Å². The molecule has 84 valence electrons. The average molecular weight is 202 g/mol. The van der Waals surface area contributed by atoms with Crippen LogP contribution in [-0.4, -0.2) is 24.3 Å². The molecular formula is C11H22O3. The summed E-state index contributed by atoms with van der Waals surface area (Å²) in [6, 6.07) is 0. The second-order valence-electron chi connectivity index (χ2n) is 3.96. The van der Waals surface area contributed by atoms with E-state index in [1.165, 1.54) is 0 Å². The van der Waals surface area contributed by atoms with Crippen molar-refractivity contribution in [2.75, 3.05) is 13.2 Å². The quantitative estimate of drug-likeness (QED) is 0.642. The van der Waals surface area contributed by atoms with Gasteiger partial charge in [-0.05, 0) is 19.3 Å². The first kappa shape index (κ1) is 13.4. The van der Waals surface area contributed by atoms with Crippen LogP contribution in [0.25, 0.3) is 0 Å². The zero-order valence-corrected chi connectivity index (χ0v) is 9.45. The van der Waals surface area contributed by atoms with E-state index in [-0.39, 0.29) is 18.5 Å². The minimum atomic E-state index is -0.325. The second-order valence-corrected chi connectivity index (χ2v) is 3.96. The lowest BCUT2D eigenvalue weighted by Crippen LogP contribution is -2.21. The van der Waals surface area contributed by atoms with Gasteiger partial charge < -0.3 is 9.84 Å². The van der Waals surface area contributed by atoms with Crippen molar-refractivity contribution < 1.29 is 14.6 Å². The minimum Gasteiger partial charge on any atom is -0.466 e. The molecule has 0 saturated carbocycles. The van der Waals surface area contributed by atoms with Crippen molar-refractivity contribution in [2.45, 2.75) is 40.0 Å². The zero-order chi connectivity index (χ0) is 11.0. The molecule has 0 aromatic carbocycles. The van der Waals surface area contributed by atoms with Crippen molar-refractivity contribution in [2.24, 2.45) is 11.8 Å². The molecule has 0 aliphatic carbocycles. The van der Waals surface area contributed by atoms with Gasteiger partial charge in [-0.25, -0.2) is 0 Å². The SMILES string of the molecule is CCOC(=O)C(CO)CCCC(C)C. The molecule has 0 aliphatic heterocycles. The van der Waals surface area contributed by atoms with Gasteiger partial charge in [-0.1, -0.05) is 26.7 Å². The lowest BCUT2D eigenvalue weighted by molar-refractivity contribution is -0.149. The summed E-state index contributed by atoms with van der Waals surface area (Å²) in [5.74, 6) is 0.0593. The summed E-state index contributed by atoms with van der Waals surface area (Å²) in [4.78, 5) is 11.3. The maximum atomic E-state index is 11.3. The number of aliphatic hydroxyl groups excluding tert-OH is 1. The standard InChI is InChI=1S/C11H22O3/c1-4-14-11(13)10(8-12)7-5-6-9(2)3/h9-10,12H,4-8H2,1-3H3. The lowest BCUT2D eigenvalue weighted by Gasteiger charge is -2.13. The highest BCUT2D eigenvalue weighted by atomic mass is 16.5. The number of carbonyl (C=O) groups excluding carboxylic acids is 1. The molecule has 0 fully saturated rings. The Morgan fingerprint density at radius 3 is 2.43 bits per heavy atom. The molecule has 0 bridgehead atoms. The van der Waals surface area contributed by atoms with Gasteiger partial charge in [0.15, 0.2) is 0 Å². The van der Waals surface area contributed by atoms with Gasteiger partial charge in [-0.15, -0.1) is 0 Å². The molecule has 0 heterocycles. The lowest BCUT2D eigenvalue weighted by atomic mass is 9.99. The van der Waals surface area contributed by atoms with Crippen LogP contribution in [0.3, 0.4) is 0 Å². The van der Waals surface area contributed by atoms with Crippen LogP contribution < -0.4 is 0 Å². The highest BCUT2D eigenvalue weighted by molar-refractivity contribution is 5.72. The van der Waals surface area contributed by atoms with Crippen LogP contribution in [0.4, 0.5) is 0 Å². The Hall–Kier alpha value is -0.570. The normalized spacial score (nSPS) is 12.9. The molecule has 1 unspecified atom stereocenters. The molecule has 14 heavy (non-hydrogen) atoms. The number of hydrogen-bond donors (Lipinski definition) is 1. The summed E-state index contributed by atoms with van der Waals surface area (Å²) in [5, 5.41) is 8.99. The van der Waals surface area contributed by atoms with Crippen molar-refractivity contribution in [1.29, 1.82) is 0 Å². The molecule has 0 spiro atoms. The van der Waals surface area contributed by atoms with Crippen molar-refractivity contribution in [1.82, 2.24) is 0 Å². The third kappa shape index (κ3) is 5.97. The van der Waals surface area contributed by atoms with Gasteiger partial charge in [0.05, 0.1) is 19.1 Å². The van der Waals surface area contributed by atoms with Gasteiger partial charge in [0.1, 0.15) is 0 Å². The molecule has 1 N–H and O–H groups in total. The highest BCUT2D eigenvalue weighted by Crippen LogP contribution is 2.13. The van der Waals surface area contributed by atoms with Crippen molar-refractivity contribution in [3.8, 4) is 0 Å². The Kier molecular flexibility index (Phi) is 7.48. The molecule has 0 rings (SSSR count). The van der Waals surface area contributed by atoms with E-state index in [2.05, 4.69) is 13.8 Å². The number of hydrogen-bond acceptors (Lipinski definition) is 3. The fourth-order valence-electron chi connectivity index (χ4n) is 1.32. The first-order chi connectivity index (χ1) is 6.61. The fraction of sp³-hybridized carbons (Fsp3) is 0.909. The average Bonchev–Trinajstić information content (AvgIpc) is 2.12. The number of carbonyl (C=O) groups is 1. The van der Waals surface area contributed by atoms with Crippen LogP contribution in [0.1, 0.15) is 40.0 Å². The molecular weight excluding hydrogens is 180 g/mol. The number of aliphatic hydroxyl groups is 1. The number of rotatable bonds is 7. The summed E-state index contributed by atoms with van der Waals surface area (Å²) in [7, 11) is 0. The van der Waals surface area contributed by atoms with Crippen LogP contribution in [-0.2, 0) is 9.53 Å². The predicted molar refractivity (Wildman–Crippen MR) is 55.9 cm³/mol. The molecule has 0 amide bonds. The zero-order valence-electron chi connectivity index (χ0n) is 9.45. The van der Waals surface area contributed by atoms with Gasteiger partial charge in [-0.2, -0.15) is 0 Å². The second kappa shape index (κ2) is 7.80. The Bertz CT molecular complexity index is 155. The fourth-order valence-corrected chi connectivity index (χ4v) is 1.32. The molecule has 0 aromatic rings. The van der Waals surface area contributed by atoms with E-state index >= 15 is 0 Å². The Morgan fingerprint density at radius 2 is 2.00 bits per heavy atom. The van der Waals surface area contributed by atoms with Crippen molar-refractivity contribution in [3.63, 3.8) is 0 Å². The van der Waals surface area contributed by atoms with Crippen molar-refractivity contribution in [3.05, 3.63) is 0 Å². The van der Waals surface area contributed by atoms with E-state index in [1.54, 1.807) is 6.92 Å². The van der Waals surface area contributed by atoms with E-state index < -0.39 is 0 Å². The Labute approximate surface area is 86.5 Å².